The number of carbonyl (C=O) groups excluding carboxylic acids is 1. The highest BCUT2D eigenvalue weighted by molar-refractivity contribution is 5.94. The molecule has 0 radical (unpaired) electrons. The van der Waals surface area contributed by atoms with Gasteiger partial charge in [-0.1, -0.05) is 0 Å². The van der Waals surface area contributed by atoms with Crippen molar-refractivity contribution in [1.82, 2.24) is 20.6 Å². The molecule has 2 aromatic heterocycles. The molecule has 0 aliphatic heterocycles. The molecule has 1 aromatic carbocycles. The van der Waals surface area contributed by atoms with Crippen LogP contribution in [0.15, 0.2) is 34.3 Å². The Bertz CT molecular complexity index is 835. The lowest BCUT2D eigenvalue weighted by Crippen LogP contribution is -2.22. The molecule has 0 aliphatic rings. The average Bonchev–Trinajstić information content (AvgIpc) is 3.06. The van der Waals surface area contributed by atoms with E-state index >= 15 is 0 Å². The lowest BCUT2D eigenvalue weighted by atomic mass is 10.2. The van der Waals surface area contributed by atoms with Crippen LogP contribution in [0.5, 0.6) is 0 Å². The van der Waals surface area contributed by atoms with Gasteiger partial charge in [-0.25, -0.2) is 10.4 Å². The monoisotopic (exact) mass is 286 g/mol. The van der Waals surface area contributed by atoms with E-state index in [1.807, 2.05) is 0 Å². The summed E-state index contributed by atoms with van der Waals surface area (Å²) in [5.41, 5.74) is 4.63. The molecule has 0 fully saturated rings. The molecule has 0 bridgehead atoms. The topological polar surface area (TPSA) is 123 Å². The molecule has 106 valence electrons. The number of nitrogens with one attached hydrogen (secondary N) is 2. The Morgan fingerprint density at radius 2 is 2.43 bits per heavy atom. The highest BCUT2D eigenvalue weighted by Crippen LogP contribution is 2.08. The van der Waals surface area contributed by atoms with Gasteiger partial charge >= 0.3 is 0 Å². The smallest absolute Gasteiger partial charge is 0.291 e. The second-order valence-electron chi connectivity index (χ2n) is 4.25. The molecule has 9 nitrogen and oxygen atoms in total. The zero-order chi connectivity index (χ0) is 14.8. The van der Waals surface area contributed by atoms with Gasteiger partial charge in [0, 0.05) is 16.9 Å². The van der Waals surface area contributed by atoms with Crippen molar-refractivity contribution in [2.24, 2.45) is 5.10 Å². The fraction of sp³-hybridized carbons (Fsp3) is 0.0833. The van der Waals surface area contributed by atoms with E-state index in [0.717, 1.165) is 0 Å². The van der Waals surface area contributed by atoms with Gasteiger partial charge in [-0.05, 0) is 29.5 Å². The van der Waals surface area contributed by atoms with E-state index in [1.54, 1.807) is 25.1 Å². The van der Waals surface area contributed by atoms with Crippen molar-refractivity contribution < 1.29 is 14.3 Å². The number of aromatic nitrogens is 4. The Morgan fingerprint density at radius 1 is 1.57 bits per heavy atom. The molecule has 2 heterocycles. The molecule has 1 amide bonds. The van der Waals surface area contributed by atoms with Gasteiger partial charge in [0.25, 0.3) is 5.91 Å². The highest BCUT2D eigenvalue weighted by Gasteiger charge is 2.11. The maximum atomic E-state index is 11.8. The van der Waals surface area contributed by atoms with Crippen molar-refractivity contribution >= 4 is 23.2 Å². The first kappa shape index (κ1) is 12.8. The number of hydrogen-bond donors (Lipinski definition) is 2. The predicted molar refractivity (Wildman–Crippen MR) is 71.4 cm³/mol. The Hall–Kier alpha value is -3.23. The fourth-order valence-corrected chi connectivity index (χ4v) is 1.78. The van der Waals surface area contributed by atoms with Gasteiger partial charge in [-0.3, -0.25) is 9.42 Å². The maximum Gasteiger partial charge on any atom is 0.291 e. The summed E-state index contributed by atoms with van der Waals surface area (Å²) >= 11 is 0. The van der Waals surface area contributed by atoms with Crippen LogP contribution in [0, 0.1) is 12.1 Å². The summed E-state index contributed by atoms with van der Waals surface area (Å²) in [5, 5.41) is 18.6. The van der Waals surface area contributed by atoms with Crippen molar-refractivity contribution in [1.29, 1.82) is 0 Å². The quantitative estimate of drug-likeness (QED) is 0.406. The number of benzene rings is 1. The number of hydrazone groups is 1. The number of rotatable bonds is 3. The zero-order valence-electron chi connectivity index (χ0n) is 10.9. The van der Waals surface area contributed by atoms with Crippen LogP contribution in [-0.4, -0.2) is 27.2 Å². The summed E-state index contributed by atoms with van der Waals surface area (Å²) < 4.78 is 4.46. The first-order chi connectivity index (χ1) is 10.1. The number of aryl methyl sites for hydroxylation is 1. The summed E-state index contributed by atoms with van der Waals surface area (Å²) in [6.07, 6.45) is 2.84. The lowest BCUT2D eigenvalue weighted by Gasteiger charge is -1.97. The van der Waals surface area contributed by atoms with E-state index in [-0.39, 0.29) is 11.2 Å². The highest BCUT2D eigenvalue weighted by atomic mass is 16.8. The number of hydrogen-bond acceptors (Lipinski definition) is 6. The van der Waals surface area contributed by atoms with Crippen LogP contribution in [0.1, 0.15) is 21.7 Å². The largest absolute Gasteiger partial charge is 0.359 e. The molecule has 0 atom stereocenters. The molecule has 0 saturated heterocycles. The molecule has 0 saturated carbocycles. The van der Waals surface area contributed by atoms with Crippen LogP contribution in [-0.2, 0) is 0 Å². The third-order valence-electron chi connectivity index (χ3n) is 2.83. The van der Waals surface area contributed by atoms with Crippen LogP contribution in [0.3, 0.4) is 0 Å². The molecular formula is C12H10N6O3. The summed E-state index contributed by atoms with van der Waals surface area (Å²) in [6.45, 7) is 1.73. The Kier molecular flexibility index (Phi) is 3.07. The molecule has 9 heteroatoms. The van der Waals surface area contributed by atoms with Crippen LogP contribution in [0.2, 0.25) is 0 Å². The standard InChI is InChI=1S/C12H10N6O3/c1-7-11(14-6-13-7)12(19)16-15-5-8-2-3-9-10(4-8)18(20)21-17-9/h2-6H,1H3,(H,13,14)(H,16,19)/b15-5+. The maximum absolute atomic E-state index is 11.8. The van der Waals surface area contributed by atoms with E-state index in [4.69, 9.17) is 0 Å². The first-order valence-corrected chi connectivity index (χ1v) is 5.98. The third-order valence-corrected chi connectivity index (χ3v) is 2.83. The predicted octanol–water partition coefficient (Wildman–Crippen LogP) is 0.257. The number of aromatic amines is 1. The van der Waals surface area contributed by atoms with Gasteiger partial charge in [0.15, 0.2) is 5.69 Å². The zero-order valence-corrected chi connectivity index (χ0v) is 10.9. The minimum Gasteiger partial charge on any atom is -0.359 e. The molecule has 0 spiro atoms. The average molecular weight is 286 g/mol. The van der Waals surface area contributed by atoms with Gasteiger partial charge in [0.1, 0.15) is 0 Å². The second-order valence-corrected chi connectivity index (χ2v) is 4.25. The molecular weight excluding hydrogens is 276 g/mol. The van der Waals surface area contributed by atoms with Gasteiger partial charge < -0.3 is 10.2 Å². The molecule has 3 rings (SSSR count). The molecule has 3 aromatic rings. The number of amides is 1. The number of fused-ring (bicyclic) bond motifs is 1. The minimum atomic E-state index is -0.421. The van der Waals surface area contributed by atoms with Gasteiger partial charge in [0.2, 0.25) is 11.0 Å². The molecule has 21 heavy (non-hydrogen) atoms. The van der Waals surface area contributed by atoms with E-state index in [2.05, 4.69) is 30.3 Å². The number of nitrogens with zero attached hydrogens (tertiary/aromatic N) is 4. The summed E-state index contributed by atoms with van der Waals surface area (Å²) in [5.74, 6) is -0.421. The van der Waals surface area contributed by atoms with Gasteiger partial charge in [-0.2, -0.15) is 5.10 Å². The van der Waals surface area contributed by atoms with Crippen molar-refractivity contribution in [3.63, 3.8) is 0 Å². The van der Waals surface area contributed by atoms with Crippen molar-refractivity contribution in [3.05, 3.63) is 46.7 Å². The second kappa shape index (κ2) is 5.04. The Morgan fingerprint density at radius 3 is 3.19 bits per heavy atom. The summed E-state index contributed by atoms with van der Waals surface area (Å²) in [6, 6.07) is 4.86. The van der Waals surface area contributed by atoms with E-state index in [9.17, 15) is 10.0 Å². The summed E-state index contributed by atoms with van der Waals surface area (Å²) in [7, 11) is 0. The first-order valence-electron chi connectivity index (χ1n) is 5.98. The van der Waals surface area contributed by atoms with E-state index in [0.29, 0.717) is 21.7 Å². The van der Waals surface area contributed by atoms with Crippen LogP contribution >= 0.6 is 0 Å². The van der Waals surface area contributed by atoms with E-state index < -0.39 is 5.91 Å². The Balaban J connectivity index is 1.74. The number of carbonyl (C=O) groups is 1. The van der Waals surface area contributed by atoms with E-state index in [1.165, 1.54) is 12.5 Å². The SMILES string of the molecule is Cc1[nH]cnc1C(=O)N/N=C/c1ccc2no[n+]([O-])c2c1. The van der Waals surface area contributed by atoms with Gasteiger partial charge in [-0.15, -0.1) is 0 Å². The van der Waals surface area contributed by atoms with Crippen molar-refractivity contribution in [2.45, 2.75) is 6.92 Å². The lowest BCUT2D eigenvalue weighted by molar-refractivity contribution is -0.782. The third kappa shape index (κ3) is 2.43. The molecule has 0 unspecified atom stereocenters. The fourth-order valence-electron chi connectivity index (χ4n) is 1.78. The van der Waals surface area contributed by atoms with Crippen molar-refractivity contribution in [2.75, 3.05) is 0 Å². The number of H-pyrrole nitrogens is 1. The minimum absolute atomic E-state index is 0.277. The van der Waals surface area contributed by atoms with Crippen molar-refractivity contribution in [3.8, 4) is 0 Å². The van der Waals surface area contributed by atoms with Gasteiger partial charge in [0.05, 0.1) is 12.5 Å². The molecule has 0 aliphatic carbocycles. The normalized spacial score (nSPS) is 11.3. The van der Waals surface area contributed by atoms with Crippen LogP contribution in [0.25, 0.3) is 11.0 Å². The summed E-state index contributed by atoms with van der Waals surface area (Å²) in [4.78, 5) is 18.7. The van der Waals surface area contributed by atoms with Crippen LogP contribution < -0.4 is 10.3 Å². The van der Waals surface area contributed by atoms with Crippen LogP contribution in [0.4, 0.5) is 0 Å². The molecule has 2 N–H and O–H groups in total. The Labute approximate surface area is 117 Å². The number of imidazole rings is 1.